The first-order valence-corrected chi connectivity index (χ1v) is 6.48. The van der Waals surface area contributed by atoms with Crippen molar-refractivity contribution in [2.45, 2.75) is 71.3 Å². The Labute approximate surface area is 89.9 Å². The summed E-state index contributed by atoms with van der Waals surface area (Å²) in [6.07, 6.45) is 9.74. The van der Waals surface area contributed by atoms with E-state index < -0.39 is 0 Å². The lowest BCUT2D eigenvalue weighted by Crippen LogP contribution is -2.46. The van der Waals surface area contributed by atoms with E-state index in [1.165, 1.54) is 58.0 Å². The van der Waals surface area contributed by atoms with Crippen molar-refractivity contribution in [2.24, 2.45) is 0 Å². The molecule has 0 amide bonds. The van der Waals surface area contributed by atoms with Crippen LogP contribution in [-0.4, -0.2) is 23.5 Å². The van der Waals surface area contributed by atoms with Crippen LogP contribution in [0.5, 0.6) is 0 Å². The first kappa shape index (κ1) is 12.0. The van der Waals surface area contributed by atoms with Gasteiger partial charge < -0.3 is 0 Å². The monoisotopic (exact) mass is 197 g/mol. The fourth-order valence-corrected chi connectivity index (χ4v) is 2.89. The lowest BCUT2D eigenvalue weighted by atomic mass is 9.89. The van der Waals surface area contributed by atoms with Crippen molar-refractivity contribution < 1.29 is 0 Å². The van der Waals surface area contributed by atoms with Crippen LogP contribution in [0.15, 0.2) is 0 Å². The van der Waals surface area contributed by atoms with Crippen molar-refractivity contribution in [1.29, 1.82) is 0 Å². The Morgan fingerprint density at radius 3 is 2.50 bits per heavy atom. The van der Waals surface area contributed by atoms with E-state index in [9.17, 15) is 0 Å². The van der Waals surface area contributed by atoms with Crippen molar-refractivity contribution in [3.05, 3.63) is 0 Å². The van der Waals surface area contributed by atoms with E-state index in [-0.39, 0.29) is 0 Å². The molecule has 0 bridgehead atoms. The quantitative estimate of drug-likeness (QED) is 0.662. The number of nitrogens with zero attached hydrogens (tertiary/aromatic N) is 1. The van der Waals surface area contributed by atoms with Gasteiger partial charge in [0, 0.05) is 5.54 Å². The van der Waals surface area contributed by atoms with Gasteiger partial charge >= 0.3 is 0 Å². The third-order valence-corrected chi connectivity index (χ3v) is 3.69. The van der Waals surface area contributed by atoms with Crippen LogP contribution < -0.4 is 0 Å². The number of likely N-dealkylation sites (tertiary alicyclic amines) is 1. The minimum Gasteiger partial charge on any atom is -0.298 e. The van der Waals surface area contributed by atoms with E-state index in [4.69, 9.17) is 0 Å². The molecule has 84 valence electrons. The van der Waals surface area contributed by atoms with E-state index in [1.54, 1.807) is 0 Å². The third-order valence-electron chi connectivity index (χ3n) is 3.69. The summed E-state index contributed by atoms with van der Waals surface area (Å²) in [5.41, 5.74) is 0.515. The van der Waals surface area contributed by atoms with Gasteiger partial charge in [-0.05, 0) is 45.7 Å². The number of hydrogen-bond acceptors (Lipinski definition) is 1. The number of hydrogen-bond donors (Lipinski definition) is 0. The predicted octanol–water partition coefficient (Wildman–Crippen LogP) is 3.83. The van der Waals surface area contributed by atoms with Crippen molar-refractivity contribution in [2.75, 3.05) is 13.1 Å². The maximum atomic E-state index is 2.75. The fourth-order valence-electron chi connectivity index (χ4n) is 2.89. The van der Waals surface area contributed by atoms with Gasteiger partial charge in [0.25, 0.3) is 0 Å². The van der Waals surface area contributed by atoms with Crippen LogP contribution >= 0.6 is 0 Å². The molecule has 0 aromatic heterocycles. The molecule has 0 spiro atoms. The molecule has 1 heteroatoms. The Balaban J connectivity index is 2.61. The van der Waals surface area contributed by atoms with E-state index in [1.807, 2.05) is 0 Å². The molecule has 0 aromatic carbocycles. The topological polar surface area (TPSA) is 3.24 Å². The average molecular weight is 197 g/mol. The highest BCUT2D eigenvalue weighted by molar-refractivity contribution is 4.87. The average Bonchev–Trinajstić information content (AvgIpc) is 2.31. The van der Waals surface area contributed by atoms with E-state index in [0.29, 0.717) is 5.54 Å². The molecule has 14 heavy (non-hydrogen) atoms. The lowest BCUT2D eigenvalue weighted by molar-refractivity contribution is 0.0952. The zero-order valence-corrected chi connectivity index (χ0v) is 10.3. The zero-order valence-electron chi connectivity index (χ0n) is 10.3. The summed E-state index contributed by atoms with van der Waals surface area (Å²) in [5.74, 6) is 0. The molecule has 1 heterocycles. The summed E-state index contributed by atoms with van der Waals surface area (Å²) < 4.78 is 0. The second kappa shape index (κ2) is 5.75. The van der Waals surface area contributed by atoms with E-state index >= 15 is 0 Å². The third kappa shape index (κ3) is 2.98. The highest BCUT2D eigenvalue weighted by atomic mass is 15.2. The Bertz CT molecular complexity index is 155. The Morgan fingerprint density at radius 1 is 1.07 bits per heavy atom. The normalized spacial score (nSPS) is 30.2. The Morgan fingerprint density at radius 2 is 1.86 bits per heavy atom. The van der Waals surface area contributed by atoms with Crippen molar-refractivity contribution in [1.82, 2.24) is 4.90 Å². The van der Waals surface area contributed by atoms with Crippen molar-refractivity contribution in [3.8, 4) is 0 Å². The molecule has 0 aromatic rings. The van der Waals surface area contributed by atoms with Gasteiger partial charge in [0.15, 0.2) is 0 Å². The molecule has 0 radical (unpaired) electrons. The summed E-state index contributed by atoms with van der Waals surface area (Å²) in [4.78, 5) is 2.75. The minimum absolute atomic E-state index is 0.515. The zero-order chi connectivity index (χ0) is 10.4. The smallest absolute Gasteiger partial charge is 0.0181 e. The van der Waals surface area contributed by atoms with E-state index in [2.05, 4.69) is 25.7 Å². The van der Waals surface area contributed by atoms with Gasteiger partial charge in [-0.3, -0.25) is 4.90 Å². The van der Waals surface area contributed by atoms with Crippen LogP contribution in [0.4, 0.5) is 0 Å². The summed E-state index contributed by atoms with van der Waals surface area (Å²) in [6, 6.07) is 0. The first-order valence-electron chi connectivity index (χ1n) is 6.48. The molecule has 0 saturated carbocycles. The van der Waals surface area contributed by atoms with Gasteiger partial charge in [-0.25, -0.2) is 0 Å². The highest BCUT2D eigenvalue weighted by Crippen LogP contribution is 2.31. The Kier molecular flexibility index (Phi) is 4.94. The van der Waals surface area contributed by atoms with Gasteiger partial charge in [-0.15, -0.1) is 0 Å². The van der Waals surface area contributed by atoms with Crippen LogP contribution in [0, 0.1) is 0 Å². The summed E-state index contributed by atoms with van der Waals surface area (Å²) in [7, 11) is 0. The summed E-state index contributed by atoms with van der Waals surface area (Å²) >= 11 is 0. The van der Waals surface area contributed by atoms with Gasteiger partial charge in [-0.1, -0.05) is 33.1 Å². The molecule has 1 aliphatic rings. The molecule has 1 rings (SSSR count). The van der Waals surface area contributed by atoms with Crippen molar-refractivity contribution >= 4 is 0 Å². The largest absolute Gasteiger partial charge is 0.298 e. The van der Waals surface area contributed by atoms with Crippen LogP contribution in [0.3, 0.4) is 0 Å². The molecular weight excluding hydrogens is 170 g/mol. The summed E-state index contributed by atoms with van der Waals surface area (Å²) in [5, 5.41) is 0. The second-order valence-corrected chi connectivity index (χ2v) is 5.04. The summed E-state index contributed by atoms with van der Waals surface area (Å²) in [6.45, 7) is 9.75. The maximum Gasteiger partial charge on any atom is 0.0181 e. The minimum atomic E-state index is 0.515. The molecule has 1 aliphatic heterocycles. The number of rotatable bonds is 4. The van der Waals surface area contributed by atoms with E-state index in [0.717, 1.165) is 0 Å². The SMILES string of the molecule is CCCN1CCCCCC1(C)CCC. The van der Waals surface area contributed by atoms with Crippen LogP contribution in [0.2, 0.25) is 0 Å². The molecular formula is C13H27N. The highest BCUT2D eigenvalue weighted by Gasteiger charge is 2.31. The second-order valence-electron chi connectivity index (χ2n) is 5.04. The standard InChI is InChI=1S/C13H27N/c1-4-9-13(3)10-7-6-8-12-14(13)11-5-2/h4-12H2,1-3H3. The predicted molar refractivity (Wildman–Crippen MR) is 63.6 cm³/mol. The molecule has 1 atom stereocenters. The fraction of sp³-hybridized carbons (Fsp3) is 1.00. The van der Waals surface area contributed by atoms with Crippen molar-refractivity contribution in [3.63, 3.8) is 0 Å². The molecule has 1 unspecified atom stereocenters. The first-order chi connectivity index (χ1) is 6.73. The van der Waals surface area contributed by atoms with Gasteiger partial charge in [-0.2, -0.15) is 0 Å². The molecule has 1 saturated heterocycles. The van der Waals surface area contributed by atoms with Crippen LogP contribution in [0.1, 0.15) is 65.7 Å². The van der Waals surface area contributed by atoms with Gasteiger partial charge in [0.1, 0.15) is 0 Å². The Hall–Kier alpha value is -0.0400. The molecule has 0 N–H and O–H groups in total. The molecule has 1 nitrogen and oxygen atoms in total. The molecule has 0 aliphatic carbocycles. The maximum absolute atomic E-state index is 2.75. The molecule has 1 fully saturated rings. The van der Waals surface area contributed by atoms with Crippen LogP contribution in [0.25, 0.3) is 0 Å². The van der Waals surface area contributed by atoms with Crippen LogP contribution in [-0.2, 0) is 0 Å². The lowest BCUT2D eigenvalue weighted by Gasteiger charge is -2.40. The van der Waals surface area contributed by atoms with Gasteiger partial charge in [0.2, 0.25) is 0 Å². The van der Waals surface area contributed by atoms with Gasteiger partial charge in [0.05, 0.1) is 0 Å².